The van der Waals surface area contributed by atoms with Crippen LogP contribution in [0.5, 0.6) is 0 Å². The Morgan fingerprint density at radius 2 is 1.85 bits per heavy atom. The van der Waals surface area contributed by atoms with E-state index in [2.05, 4.69) is 27.8 Å². The minimum atomic E-state index is 0.110. The second-order valence-corrected chi connectivity index (χ2v) is 5.64. The molecule has 1 aliphatic heterocycles. The highest BCUT2D eigenvalue weighted by molar-refractivity contribution is 6.42. The average molecular weight is 301 g/mol. The molecule has 4 heteroatoms. The number of nitrogens with zero attached hydrogens (tertiary/aromatic N) is 2. The van der Waals surface area contributed by atoms with Crippen LogP contribution in [0.1, 0.15) is 17.2 Å². The predicted molar refractivity (Wildman–Crippen MR) is 81.4 cm³/mol. The lowest BCUT2D eigenvalue weighted by Gasteiger charge is -2.16. The Morgan fingerprint density at radius 1 is 1.00 bits per heavy atom. The van der Waals surface area contributed by atoms with Gasteiger partial charge >= 0.3 is 0 Å². The van der Waals surface area contributed by atoms with Gasteiger partial charge in [0.15, 0.2) is 0 Å². The molecule has 2 nitrogen and oxygen atoms in total. The maximum Gasteiger partial charge on any atom is 0.141 e. The van der Waals surface area contributed by atoms with Crippen LogP contribution < -0.4 is 0 Å². The van der Waals surface area contributed by atoms with Crippen LogP contribution in [0.15, 0.2) is 54.9 Å². The largest absolute Gasteiger partial charge is 0.319 e. The fourth-order valence-corrected chi connectivity index (χ4v) is 3.15. The summed E-state index contributed by atoms with van der Waals surface area (Å²) < 4.78 is 2.17. The first-order valence-electron chi connectivity index (χ1n) is 6.33. The molecule has 2 aromatic carbocycles. The highest BCUT2D eigenvalue weighted by Gasteiger charge is 2.29. The van der Waals surface area contributed by atoms with E-state index in [1.807, 2.05) is 36.7 Å². The highest BCUT2D eigenvalue weighted by atomic mass is 35.5. The second kappa shape index (κ2) is 4.37. The van der Waals surface area contributed by atoms with Crippen LogP contribution in [-0.2, 0) is 0 Å². The summed E-state index contributed by atoms with van der Waals surface area (Å²) in [7, 11) is 0. The number of fused-ring (bicyclic) bond motifs is 3. The maximum absolute atomic E-state index is 6.16. The Hall–Kier alpha value is -1.77. The van der Waals surface area contributed by atoms with Gasteiger partial charge in [0.25, 0.3) is 0 Å². The maximum atomic E-state index is 6.16. The molecule has 0 aliphatic carbocycles. The van der Waals surface area contributed by atoms with E-state index in [0.717, 1.165) is 11.4 Å². The zero-order chi connectivity index (χ0) is 13.7. The van der Waals surface area contributed by atoms with E-state index in [1.54, 1.807) is 0 Å². The van der Waals surface area contributed by atoms with Crippen LogP contribution in [0, 0.1) is 0 Å². The fourth-order valence-electron chi connectivity index (χ4n) is 2.84. The summed E-state index contributed by atoms with van der Waals surface area (Å²) in [5.74, 6) is 0.997. The fraction of sp³-hybridized carbons (Fsp3) is 0.0625. The molecular formula is C16H10Cl2N2. The van der Waals surface area contributed by atoms with Gasteiger partial charge in [-0.15, -0.1) is 0 Å². The van der Waals surface area contributed by atoms with Gasteiger partial charge in [-0.25, -0.2) is 4.98 Å². The number of hydrogen-bond donors (Lipinski definition) is 0. The van der Waals surface area contributed by atoms with E-state index in [-0.39, 0.29) is 6.04 Å². The van der Waals surface area contributed by atoms with E-state index in [9.17, 15) is 0 Å². The standard InChI is InChI=1S/C16H10Cl2N2/c17-13-6-5-10(9-14(13)18)15-11-3-1-2-4-12(11)16-19-7-8-20(15)16/h1-9,15H. The van der Waals surface area contributed by atoms with Crippen LogP contribution in [0.2, 0.25) is 10.0 Å². The van der Waals surface area contributed by atoms with Crippen molar-refractivity contribution in [1.82, 2.24) is 9.55 Å². The van der Waals surface area contributed by atoms with Gasteiger partial charge in [0, 0.05) is 18.0 Å². The van der Waals surface area contributed by atoms with Crippen LogP contribution in [-0.4, -0.2) is 9.55 Å². The Balaban J connectivity index is 1.96. The van der Waals surface area contributed by atoms with E-state index in [1.165, 1.54) is 11.1 Å². The van der Waals surface area contributed by atoms with Crippen molar-refractivity contribution < 1.29 is 0 Å². The predicted octanol–water partition coefficient (Wildman–Crippen LogP) is 4.81. The Kier molecular flexibility index (Phi) is 2.62. The lowest BCUT2D eigenvalue weighted by molar-refractivity contribution is 0.716. The van der Waals surface area contributed by atoms with Crippen LogP contribution >= 0.6 is 23.2 Å². The van der Waals surface area contributed by atoms with E-state index >= 15 is 0 Å². The molecule has 4 rings (SSSR count). The minimum Gasteiger partial charge on any atom is -0.319 e. The van der Waals surface area contributed by atoms with Gasteiger partial charge in [0.2, 0.25) is 0 Å². The zero-order valence-electron chi connectivity index (χ0n) is 10.4. The third-order valence-electron chi connectivity index (χ3n) is 3.70. The summed E-state index contributed by atoms with van der Waals surface area (Å²) >= 11 is 12.2. The molecule has 0 saturated carbocycles. The molecule has 1 unspecified atom stereocenters. The van der Waals surface area contributed by atoms with Crippen molar-refractivity contribution in [3.63, 3.8) is 0 Å². The van der Waals surface area contributed by atoms with Crippen molar-refractivity contribution in [2.45, 2.75) is 6.04 Å². The monoisotopic (exact) mass is 300 g/mol. The van der Waals surface area contributed by atoms with Gasteiger partial charge in [-0.2, -0.15) is 0 Å². The first-order valence-corrected chi connectivity index (χ1v) is 7.08. The second-order valence-electron chi connectivity index (χ2n) is 4.82. The van der Waals surface area contributed by atoms with Crippen LogP contribution in [0.3, 0.4) is 0 Å². The molecule has 1 aliphatic rings. The quantitative estimate of drug-likeness (QED) is 0.493. The number of imidazole rings is 1. The lowest BCUT2D eigenvalue weighted by Crippen LogP contribution is -2.06. The summed E-state index contributed by atoms with van der Waals surface area (Å²) in [5.41, 5.74) is 3.53. The Morgan fingerprint density at radius 3 is 2.70 bits per heavy atom. The summed E-state index contributed by atoms with van der Waals surface area (Å²) in [4.78, 5) is 4.46. The normalized spacial score (nSPS) is 16.0. The molecule has 0 amide bonds. The molecule has 20 heavy (non-hydrogen) atoms. The van der Waals surface area contributed by atoms with Crippen LogP contribution in [0.25, 0.3) is 11.4 Å². The smallest absolute Gasteiger partial charge is 0.141 e. The van der Waals surface area contributed by atoms with Crippen molar-refractivity contribution >= 4 is 23.2 Å². The summed E-state index contributed by atoms with van der Waals surface area (Å²) in [6.45, 7) is 0. The topological polar surface area (TPSA) is 17.8 Å². The third-order valence-corrected chi connectivity index (χ3v) is 4.44. The van der Waals surface area contributed by atoms with Crippen molar-refractivity contribution in [3.8, 4) is 11.4 Å². The molecule has 98 valence electrons. The molecule has 0 bridgehead atoms. The Labute approximate surface area is 126 Å². The first kappa shape index (κ1) is 12.0. The van der Waals surface area contributed by atoms with E-state index in [4.69, 9.17) is 23.2 Å². The van der Waals surface area contributed by atoms with Gasteiger partial charge in [-0.3, -0.25) is 0 Å². The van der Waals surface area contributed by atoms with Gasteiger partial charge in [0.05, 0.1) is 16.1 Å². The van der Waals surface area contributed by atoms with Crippen molar-refractivity contribution in [1.29, 1.82) is 0 Å². The molecular weight excluding hydrogens is 291 g/mol. The third kappa shape index (κ3) is 1.62. The van der Waals surface area contributed by atoms with Crippen molar-refractivity contribution in [2.75, 3.05) is 0 Å². The molecule has 0 radical (unpaired) electrons. The number of rotatable bonds is 1. The number of aromatic nitrogens is 2. The zero-order valence-corrected chi connectivity index (χ0v) is 11.9. The SMILES string of the molecule is Clc1ccc(C2c3ccccc3-c3nccn32)cc1Cl. The summed E-state index contributed by atoms with van der Waals surface area (Å²) in [6, 6.07) is 14.2. The van der Waals surface area contributed by atoms with Gasteiger partial charge in [0.1, 0.15) is 5.82 Å². The summed E-state index contributed by atoms with van der Waals surface area (Å²) in [5, 5.41) is 1.16. The van der Waals surface area contributed by atoms with Crippen molar-refractivity contribution in [3.05, 3.63) is 76.0 Å². The minimum absolute atomic E-state index is 0.110. The highest BCUT2D eigenvalue weighted by Crippen LogP contribution is 2.42. The number of halogens is 2. The Bertz CT molecular complexity index is 808. The molecule has 1 aromatic heterocycles. The number of hydrogen-bond acceptors (Lipinski definition) is 1. The van der Waals surface area contributed by atoms with Gasteiger partial charge < -0.3 is 4.57 Å². The average Bonchev–Trinajstić information content (AvgIpc) is 3.02. The van der Waals surface area contributed by atoms with Gasteiger partial charge in [-0.05, 0) is 23.3 Å². The van der Waals surface area contributed by atoms with Crippen LogP contribution in [0.4, 0.5) is 0 Å². The van der Waals surface area contributed by atoms with Crippen molar-refractivity contribution in [2.24, 2.45) is 0 Å². The van der Waals surface area contributed by atoms with E-state index in [0.29, 0.717) is 10.0 Å². The molecule has 3 aromatic rings. The molecule has 1 atom stereocenters. The van der Waals surface area contributed by atoms with Gasteiger partial charge in [-0.1, -0.05) is 53.5 Å². The summed E-state index contributed by atoms with van der Waals surface area (Å²) in [6.07, 6.45) is 3.83. The number of benzene rings is 2. The molecule has 0 saturated heterocycles. The lowest BCUT2D eigenvalue weighted by atomic mass is 9.97. The first-order chi connectivity index (χ1) is 9.75. The molecule has 0 fully saturated rings. The molecule has 0 N–H and O–H groups in total. The van der Waals surface area contributed by atoms with E-state index < -0.39 is 0 Å². The molecule has 0 spiro atoms. The molecule has 2 heterocycles.